The highest BCUT2D eigenvalue weighted by atomic mass is 79.9. The molecule has 0 fully saturated rings. The van der Waals surface area contributed by atoms with Crippen LogP contribution in [-0.2, 0) is 11.3 Å². The molecule has 1 heterocycles. The Hall–Kier alpha value is -1.62. The Morgan fingerprint density at radius 2 is 2.25 bits per heavy atom. The third-order valence-electron chi connectivity index (χ3n) is 2.03. The number of aromatic nitrogens is 2. The van der Waals surface area contributed by atoms with Crippen molar-refractivity contribution >= 4 is 27.5 Å². The average molecular weight is 280 g/mol. The Labute approximate surface area is 101 Å². The summed E-state index contributed by atoms with van der Waals surface area (Å²) < 4.78 is 2.58. The first kappa shape index (κ1) is 10.9. The van der Waals surface area contributed by atoms with Crippen molar-refractivity contribution in [2.24, 2.45) is 0 Å². The van der Waals surface area contributed by atoms with E-state index >= 15 is 0 Å². The van der Waals surface area contributed by atoms with E-state index in [4.69, 9.17) is 0 Å². The predicted molar refractivity (Wildman–Crippen MR) is 65.0 cm³/mol. The fourth-order valence-corrected chi connectivity index (χ4v) is 1.68. The number of halogens is 1. The largest absolute Gasteiger partial charge is 0.328 e. The van der Waals surface area contributed by atoms with Crippen molar-refractivity contribution in [1.82, 2.24) is 9.55 Å². The standard InChI is InChI=1S/C11H10BrN3O/c12-9-3-1-2-4-10(9)14-11(16)7-15-6-5-13-8-15/h1-6,8H,7H2,(H,14,16). The number of para-hydroxylation sites is 1. The zero-order chi connectivity index (χ0) is 11.4. The lowest BCUT2D eigenvalue weighted by Crippen LogP contribution is -2.18. The van der Waals surface area contributed by atoms with Crippen LogP contribution in [0, 0.1) is 0 Å². The first-order valence-electron chi connectivity index (χ1n) is 4.76. The summed E-state index contributed by atoms with van der Waals surface area (Å²) in [5.41, 5.74) is 0.771. The molecule has 1 aromatic carbocycles. The Morgan fingerprint density at radius 3 is 2.94 bits per heavy atom. The van der Waals surface area contributed by atoms with Gasteiger partial charge in [0.15, 0.2) is 0 Å². The molecule has 0 spiro atoms. The van der Waals surface area contributed by atoms with Crippen LogP contribution in [0.3, 0.4) is 0 Å². The molecule has 0 aliphatic carbocycles. The second kappa shape index (κ2) is 4.94. The molecular formula is C11H10BrN3O. The van der Waals surface area contributed by atoms with Gasteiger partial charge < -0.3 is 9.88 Å². The first-order valence-corrected chi connectivity index (χ1v) is 5.55. The molecule has 1 amide bonds. The predicted octanol–water partition coefficient (Wildman–Crippen LogP) is 2.28. The number of hydrogen-bond donors (Lipinski definition) is 1. The van der Waals surface area contributed by atoms with Gasteiger partial charge in [-0.15, -0.1) is 0 Å². The van der Waals surface area contributed by atoms with E-state index in [1.165, 1.54) is 0 Å². The van der Waals surface area contributed by atoms with Gasteiger partial charge in [0.25, 0.3) is 0 Å². The van der Waals surface area contributed by atoms with Crippen molar-refractivity contribution in [1.29, 1.82) is 0 Å². The topological polar surface area (TPSA) is 46.9 Å². The smallest absolute Gasteiger partial charge is 0.244 e. The van der Waals surface area contributed by atoms with Gasteiger partial charge in [0.1, 0.15) is 6.54 Å². The molecule has 82 valence electrons. The summed E-state index contributed by atoms with van der Waals surface area (Å²) in [6.07, 6.45) is 5.00. The van der Waals surface area contributed by atoms with Gasteiger partial charge in [-0.2, -0.15) is 0 Å². The number of rotatable bonds is 3. The highest BCUT2D eigenvalue weighted by Crippen LogP contribution is 2.20. The maximum atomic E-state index is 11.7. The summed E-state index contributed by atoms with van der Waals surface area (Å²) in [6, 6.07) is 7.50. The van der Waals surface area contributed by atoms with Crippen molar-refractivity contribution in [3.8, 4) is 0 Å². The van der Waals surface area contributed by atoms with E-state index in [-0.39, 0.29) is 12.5 Å². The van der Waals surface area contributed by atoms with Crippen molar-refractivity contribution in [2.75, 3.05) is 5.32 Å². The van der Waals surface area contributed by atoms with Gasteiger partial charge in [0.2, 0.25) is 5.91 Å². The van der Waals surface area contributed by atoms with Gasteiger partial charge in [-0.05, 0) is 28.1 Å². The number of hydrogen-bond acceptors (Lipinski definition) is 2. The van der Waals surface area contributed by atoms with Crippen molar-refractivity contribution in [3.05, 3.63) is 47.5 Å². The number of imidazole rings is 1. The van der Waals surface area contributed by atoms with Crippen molar-refractivity contribution in [3.63, 3.8) is 0 Å². The quantitative estimate of drug-likeness (QED) is 0.937. The normalized spacial score (nSPS) is 10.1. The Balaban J connectivity index is 2.00. The summed E-state index contributed by atoms with van der Waals surface area (Å²) in [6.45, 7) is 0.265. The monoisotopic (exact) mass is 279 g/mol. The molecular weight excluding hydrogens is 270 g/mol. The van der Waals surface area contributed by atoms with E-state index in [0.29, 0.717) is 0 Å². The number of anilines is 1. The second-order valence-electron chi connectivity index (χ2n) is 3.26. The molecule has 0 atom stereocenters. The third kappa shape index (κ3) is 2.70. The van der Waals surface area contributed by atoms with Gasteiger partial charge in [-0.3, -0.25) is 4.79 Å². The van der Waals surface area contributed by atoms with Crippen LogP contribution < -0.4 is 5.32 Å². The maximum absolute atomic E-state index is 11.7. The summed E-state index contributed by atoms with van der Waals surface area (Å²) in [4.78, 5) is 15.5. The highest BCUT2D eigenvalue weighted by molar-refractivity contribution is 9.10. The molecule has 2 rings (SSSR count). The zero-order valence-corrected chi connectivity index (χ0v) is 10.0. The van der Waals surface area contributed by atoms with Crippen LogP contribution in [0.15, 0.2) is 47.5 Å². The van der Waals surface area contributed by atoms with Crippen LogP contribution in [0.4, 0.5) is 5.69 Å². The van der Waals surface area contributed by atoms with Gasteiger partial charge in [-0.25, -0.2) is 4.98 Å². The molecule has 0 aliphatic heterocycles. The van der Waals surface area contributed by atoms with Gasteiger partial charge in [0, 0.05) is 16.9 Å². The number of carbonyl (C=O) groups is 1. The number of carbonyl (C=O) groups excluding carboxylic acids is 1. The Bertz CT molecular complexity index is 482. The van der Waals surface area contributed by atoms with E-state index < -0.39 is 0 Å². The fourth-order valence-electron chi connectivity index (χ4n) is 1.30. The van der Waals surface area contributed by atoms with Crippen LogP contribution in [0.1, 0.15) is 0 Å². The van der Waals surface area contributed by atoms with Gasteiger partial charge in [0.05, 0.1) is 12.0 Å². The molecule has 0 aliphatic rings. The number of nitrogens with one attached hydrogen (secondary N) is 1. The minimum Gasteiger partial charge on any atom is -0.328 e. The number of benzene rings is 1. The van der Waals surface area contributed by atoms with E-state index in [9.17, 15) is 4.79 Å². The lowest BCUT2D eigenvalue weighted by molar-refractivity contribution is -0.116. The van der Waals surface area contributed by atoms with Crippen LogP contribution >= 0.6 is 15.9 Å². The molecule has 0 radical (unpaired) electrons. The third-order valence-corrected chi connectivity index (χ3v) is 2.72. The van der Waals surface area contributed by atoms with E-state index in [2.05, 4.69) is 26.2 Å². The van der Waals surface area contributed by atoms with Crippen molar-refractivity contribution in [2.45, 2.75) is 6.54 Å². The lowest BCUT2D eigenvalue weighted by Gasteiger charge is -2.07. The van der Waals surface area contributed by atoms with E-state index in [0.717, 1.165) is 10.2 Å². The molecule has 0 unspecified atom stereocenters. The summed E-state index contributed by atoms with van der Waals surface area (Å²) in [5, 5.41) is 2.81. The minimum atomic E-state index is -0.0788. The maximum Gasteiger partial charge on any atom is 0.244 e. The summed E-state index contributed by atoms with van der Waals surface area (Å²) in [7, 11) is 0. The van der Waals surface area contributed by atoms with E-state index in [1.54, 1.807) is 23.3 Å². The van der Waals surface area contributed by atoms with Crippen LogP contribution in [0.25, 0.3) is 0 Å². The fraction of sp³-hybridized carbons (Fsp3) is 0.0909. The average Bonchev–Trinajstić information content (AvgIpc) is 2.74. The summed E-state index contributed by atoms with van der Waals surface area (Å²) in [5.74, 6) is -0.0788. The molecule has 0 saturated heterocycles. The molecule has 1 N–H and O–H groups in total. The van der Waals surface area contributed by atoms with Gasteiger partial charge in [-0.1, -0.05) is 12.1 Å². The zero-order valence-electron chi connectivity index (χ0n) is 8.43. The van der Waals surface area contributed by atoms with Crippen LogP contribution in [-0.4, -0.2) is 15.5 Å². The Kier molecular flexibility index (Phi) is 3.36. The molecule has 16 heavy (non-hydrogen) atoms. The second-order valence-corrected chi connectivity index (χ2v) is 4.12. The van der Waals surface area contributed by atoms with Crippen molar-refractivity contribution < 1.29 is 4.79 Å². The van der Waals surface area contributed by atoms with Crippen LogP contribution in [0.5, 0.6) is 0 Å². The molecule has 5 heteroatoms. The first-order chi connectivity index (χ1) is 7.75. The van der Waals surface area contributed by atoms with E-state index in [1.807, 2.05) is 24.3 Å². The molecule has 2 aromatic rings. The van der Waals surface area contributed by atoms with Crippen LogP contribution in [0.2, 0.25) is 0 Å². The Morgan fingerprint density at radius 1 is 1.44 bits per heavy atom. The molecule has 0 bridgehead atoms. The number of amides is 1. The molecule has 1 aromatic heterocycles. The van der Waals surface area contributed by atoms with Gasteiger partial charge >= 0.3 is 0 Å². The molecule has 0 saturated carbocycles. The summed E-state index contributed by atoms with van der Waals surface area (Å²) >= 11 is 3.37. The lowest BCUT2D eigenvalue weighted by atomic mass is 10.3. The highest BCUT2D eigenvalue weighted by Gasteiger charge is 2.04. The minimum absolute atomic E-state index is 0.0788. The SMILES string of the molecule is O=C(Cn1ccnc1)Nc1ccccc1Br. The molecule has 4 nitrogen and oxygen atoms in total. The number of nitrogens with zero attached hydrogens (tertiary/aromatic N) is 2.